The molecule has 6 nitrogen and oxygen atoms in total. The summed E-state index contributed by atoms with van der Waals surface area (Å²) in [6, 6.07) is 9.40. The molecule has 1 fully saturated rings. The normalized spacial score (nSPS) is 19.5. The van der Waals surface area contributed by atoms with E-state index < -0.39 is 5.60 Å². The predicted octanol–water partition coefficient (Wildman–Crippen LogP) is 3.16. The number of nitrogens with zero attached hydrogens (tertiary/aromatic N) is 2. The third-order valence-electron chi connectivity index (χ3n) is 4.75. The number of aromatic nitrogens is 1. The van der Waals surface area contributed by atoms with Gasteiger partial charge in [-0.2, -0.15) is 0 Å². The number of carbonyl (C=O) groups is 1. The molecule has 1 aromatic heterocycles. The molecule has 0 aliphatic carbocycles. The summed E-state index contributed by atoms with van der Waals surface area (Å²) >= 11 is 0. The van der Waals surface area contributed by atoms with Gasteiger partial charge in [0.2, 0.25) is 5.88 Å². The maximum atomic E-state index is 12.2. The van der Waals surface area contributed by atoms with Crippen molar-refractivity contribution in [1.82, 2.24) is 15.2 Å². The van der Waals surface area contributed by atoms with E-state index in [0.29, 0.717) is 31.9 Å². The number of pyridine rings is 1. The highest BCUT2D eigenvalue weighted by Gasteiger charge is 2.33. The Labute approximate surface area is 153 Å². The first-order valence-electron chi connectivity index (χ1n) is 8.78. The average molecular weight is 355 g/mol. The van der Waals surface area contributed by atoms with E-state index in [9.17, 15) is 9.90 Å². The zero-order valence-electron chi connectivity index (χ0n) is 15.5. The SMILES string of the molecule is Cc1cccc(Oc2cc(CNC(=O)N3CCC(C)(O)C3)ccn2)c1C. The second kappa shape index (κ2) is 7.33. The van der Waals surface area contributed by atoms with E-state index in [-0.39, 0.29) is 6.03 Å². The summed E-state index contributed by atoms with van der Waals surface area (Å²) in [6.07, 6.45) is 2.27. The van der Waals surface area contributed by atoms with Crippen LogP contribution in [-0.4, -0.2) is 39.7 Å². The maximum absolute atomic E-state index is 12.2. The van der Waals surface area contributed by atoms with Crippen molar-refractivity contribution in [2.45, 2.75) is 39.3 Å². The van der Waals surface area contributed by atoms with Crippen LogP contribution >= 0.6 is 0 Å². The number of hydrogen-bond donors (Lipinski definition) is 2. The number of urea groups is 1. The zero-order chi connectivity index (χ0) is 18.7. The average Bonchev–Trinajstić information content (AvgIpc) is 2.97. The minimum absolute atomic E-state index is 0.170. The van der Waals surface area contributed by atoms with Gasteiger partial charge in [0.25, 0.3) is 0 Å². The standard InChI is InChI=1S/C20H25N3O3/c1-14-5-4-6-17(15(14)2)26-18-11-16(7-9-21-18)12-22-19(24)23-10-8-20(3,25)13-23/h4-7,9,11,25H,8,10,12-13H2,1-3H3,(H,22,24). The number of carbonyl (C=O) groups excluding carboxylic acids is 1. The monoisotopic (exact) mass is 355 g/mol. The molecule has 2 amide bonds. The minimum Gasteiger partial charge on any atom is -0.439 e. The van der Waals surface area contributed by atoms with Crippen LogP contribution < -0.4 is 10.1 Å². The first-order chi connectivity index (χ1) is 12.3. The summed E-state index contributed by atoms with van der Waals surface area (Å²) in [7, 11) is 0. The molecule has 1 aromatic carbocycles. The lowest BCUT2D eigenvalue weighted by molar-refractivity contribution is 0.0719. The van der Waals surface area contributed by atoms with Crippen molar-refractivity contribution < 1.29 is 14.6 Å². The number of β-amino-alcohol motifs (C(OH)–C–C–N with tert-alkyl or cyclic N) is 1. The van der Waals surface area contributed by atoms with Crippen molar-refractivity contribution in [2.24, 2.45) is 0 Å². The lowest BCUT2D eigenvalue weighted by atomic mass is 10.1. The number of ether oxygens (including phenoxy) is 1. The first-order valence-corrected chi connectivity index (χ1v) is 8.78. The molecule has 1 atom stereocenters. The number of rotatable bonds is 4. The van der Waals surface area contributed by atoms with Gasteiger partial charge in [-0.15, -0.1) is 0 Å². The predicted molar refractivity (Wildman–Crippen MR) is 99.3 cm³/mol. The van der Waals surface area contributed by atoms with Crippen molar-refractivity contribution in [3.8, 4) is 11.6 Å². The van der Waals surface area contributed by atoms with Gasteiger partial charge >= 0.3 is 6.03 Å². The fraction of sp³-hybridized carbons (Fsp3) is 0.400. The number of aliphatic hydroxyl groups is 1. The molecule has 0 spiro atoms. The van der Waals surface area contributed by atoms with Gasteiger partial charge in [-0.25, -0.2) is 9.78 Å². The topological polar surface area (TPSA) is 74.7 Å². The molecular weight excluding hydrogens is 330 g/mol. The molecule has 2 heterocycles. The van der Waals surface area contributed by atoms with E-state index in [2.05, 4.69) is 10.3 Å². The Morgan fingerprint density at radius 1 is 1.38 bits per heavy atom. The summed E-state index contributed by atoms with van der Waals surface area (Å²) in [5.74, 6) is 1.27. The molecule has 0 saturated carbocycles. The van der Waals surface area contributed by atoms with Gasteiger partial charge in [-0.1, -0.05) is 12.1 Å². The van der Waals surface area contributed by atoms with Gasteiger partial charge in [-0.05, 0) is 56.0 Å². The third kappa shape index (κ3) is 4.32. The van der Waals surface area contributed by atoms with Crippen molar-refractivity contribution >= 4 is 6.03 Å². The molecule has 1 aliphatic rings. The number of hydrogen-bond acceptors (Lipinski definition) is 4. The first kappa shape index (κ1) is 18.2. The van der Waals surface area contributed by atoms with Crippen molar-refractivity contribution in [3.63, 3.8) is 0 Å². The Balaban J connectivity index is 1.61. The summed E-state index contributed by atoms with van der Waals surface area (Å²) < 4.78 is 5.90. The molecule has 0 radical (unpaired) electrons. The smallest absolute Gasteiger partial charge is 0.317 e. The van der Waals surface area contributed by atoms with Crippen LogP contribution in [0.1, 0.15) is 30.0 Å². The molecule has 2 N–H and O–H groups in total. The van der Waals surface area contributed by atoms with E-state index >= 15 is 0 Å². The summed E-state index contributed by atoms with van der Waals surface area (Å²) in [4.78, 5) is 18.1. The second-order valence-electron chi connectivity index (χ2n) is 7.13. The van der Waals surface area contributed by atoms with Crippen LogP contribution in [0.2, 0.25) is 0 Å². The largest absolute Gasteiger partial charge is 0.439 e. The summed E-state index contributed by atoms with van der Waals surface area (Å²) in [6.45, 7) is 7.10. The van der Waals surface area contributed by atoms with E-state index in [1.165, 1.54) is 0 Å². The number of nitrogens with one attached hydrogen (secondary N) is 1. The Kier molecular flexibility index (Phi) is 5.13. The minimum atomic E-state index is -0.791. The van der Waals surface area contributed by atoms with Gasteiger partial charge in [0.05, 0.1) is 12.1 Å². The second-order valence-corrected chi connectivity index (χ2v) is 7.13. The van der Waals surface area contributed by atoms with E-state index in [0.717, 1.165) is 22.4 Å². The van der Waals surface area contributed by atoms with Gasteiger partial charge in [0.1, 0.15) is 5.75 Å². The fourth-order valence-corrected chi connectivity index (χ4v) is 2.97. The van der Waals surface area contributed by atoms with Crippen LogP contribution in [0.25, 0.3) is 0 Å². The lowest BCUT2D eigenvalue weighted by Gasteiger charge is -2.19. The van der Waals surface area contributed by atoms with Crippen molar-refractivity contribution in [1.29, 1.82) is 0 Å². The summed E-state index contributed by atoms with van der Waals surface area (Å²) in [5, 5.41) is 12.9. The Morgan fingerprint density at radius 2 is 2.19 bits per heavy atom. The molecule has 138 valence electrons. The van der Waals surface area contributed by atoms with Crippen LogP contribution in [0.5, 0.6) is 11.6 Å². The van der Waals surface area contributed by atoms with Crippen molar-refractivity contribution in [2.75, 3.05) is 13.1 Å². The highest BCUT2D eigenvalue weighted by molar-refractivity contribution is 5.74. The maximum Gasteiger partial charge on any atom is 0.317 e. The van der Waals surface area contributed by atoms with Crippen LogP contribution in [-0.2, 0) is 6.54 Å². The van der Waals surface area contributed by atoms with E-state index in [1.807, 2.05) is 44.2 Å². The Hall–Kier alpha value is -2.60. The number of amides is 2. The van der Waals surface area contributed by atoms with E-state index in [4.69, 9.17) is 4.74 Å². The molecule has 2 aromatic rings. The number of likely N-dealkylation sites (tertiary alicyclic amines) is 1. The molecule has 6 heteroatoms. The summed E-state index contributed by atoms with van der Waals surface area (Å²) in [5.41, 5.74) is 2.35. The molecule has 0 bridgehead atoms. The van der Waals surface area contributed by atoms with Gasteiger partial charge < -0.3 is 20.1 Å². The zero-order valence-corrected chi connectivity index (χ0v) is 15.5. The van der Waals surface area contributed by atoms with Crippen LogP contribution in [0.4, 0.5) is 4.79 Å². The van der Waals surface area contributed by atoms with Gasteiger partial charge in [0, 0.05) is 25.4 Å². The van der Waals surface area contributed by atoms with Crippen molar-refractivity contribution in [3.05, 3.63) is 53.2 Å². The highest BCUT2D eigenvalue weighted by Crippen LogP contribution is 2.26. The molecule has 26 heavy (non-hydrogen) atoms. The number of aryl methyl sites for hydroxylation is 1. The van der Waals surface area contributed by atoms with Gasteiger partial charge in [-0.3, -0.25) is 0 Å². The molecule has 1 unspecified atom stereocenters. The van der Waals surface area contributed by atoms with Crippen LogP contribution in [0, 0.1) is 13.8 Å². The Bertz CT molecular complexity index is 805. The van der Waals surface area contributed by atoms with Gasteiger partial charge in [0.15, 0.2) is 0 Å². The molecule has 3 rings (SSSR count). The van der Waals surface area contributed by atoms with Crippen LogP contribution in [0.3, 0.4) is 0 Å². The highest BCUT2D eigenvalue weighted by atomic mass is 16.5. The molecule has 1 aliphatic heterocycles. The quantitative estimate of drug-likeness (QED) is 0.883. The molecule has 1 saturated heterocycles. The Morgan fingerprint density at radius 3 is 2.92 bits per heavy atom. The molecular formula is C20H25N3O3. The lowest BCUT2D eigenvalue weighted by Crippen LogP contribution is -2.40. The fourth-order valence-electron chi connectivity index (χ4n) is 2.97. The number of benzene rings is 1. The van der Waals surface area contributed by atoms with E-state index in [1.54, 1.807) is 18.0 Å². The third-order valence-corrected chi connectivity index (χ3v) is 4.75. The van der Waals surface area contributed by atoms with Crippen LogP contribution in [0.15, 0.2) is 36.5 Å².